The molecule has 0 aliphatic heterocycles. The minimum atomic E-state index is -3.75. The van der Waals surface area contributed by atoms with E-state index in [9.17, 15) is 13.2 Å². The third-order valence-electron chi connectivity index (χ3n) is 2.82. The first-order chi connectivity index (χ1) is 9.95. The lowest BCUT2D eigenvalue weighted by molar-refractivity contribution is 0.554. The van der Waals surface area contributed by atoms with E-state index in [2.05, 4.69) is 9.71 Å². The van der Waals surface area contributed by atoms with Crippen LogP contribution in [-0.2, 0) is 10.0 Å². The molecule has 0 radical (unpaired) electrons. The third kappa shape index (κ3) is 2.81. The van der Waals surface area contributed by atoms with E-state index in [-0.39, 0.29) is 10.5 Å². The number of benzene rings is 2. The van der Waals surface area contributed by atoms with Crippen LogP contribution >= 0.6 is 22.6 Å². The van der Waals surface area contributed by atoms with Crippen LogP contribution in [0.1, 0.15) is 0 Å². The minimum Gasteiger partial charge on any atom is -0.408 e. The summed E-state index contributed by atoms with van der Waals surface area (Å²) in [6, 6.07) is 11.2. The van der Waals surface area contributed by atoms with Crippen LogP contribution in [0.15, 0.2) is 56.6 Å². The normalized spacial score (nSPS) is 11.7. The molecule has 6 nitrogen and oxygen atoms in total. The van der Waals surface area contributed by atoms with Gasteiger partial charge < -0.3 is 4.42 Å². The number of sulfonamides is 1. The van der Waals surface area contributed by atoms with E-state index in [0.717, 1.165) is 3.57 Å². The lowest BCUT2D eigenvalue weighted by atomic mass is 10.3. The minimum absolute atomic E-state index is 0.0254. The molecule has 0 unspecified atom stereocenters. The van der Waals surface area contributed by atoms with Crippen molar-refractivity contribution in [3.63, 3.8) is 0 Å². The van der Waals surface area contributed by atoms with Crippen LogP contribution in [0.2, 0.25) is 0 Å². The SMILES string of the molecule is O=c1[nH]c2ccc(S(=O)(=O)Nc3ccccc3I)cc2o1. The van der Waals surface area contributed by atoms with Crippen LogP contribution in [-0.4, -0.2) is 13.4 Å². The highest BCUT2D eigenvalue weighted by atomic mass is 127. The lowest BCUT2D eigenvalue weighted by Gasteiger charge is -2.09. The van der Waals surface area contributed by atoms with E-state index >= 15 is 0 Å². The summed E-state index contributed by atoms with van der Waals surface area (Å²) in [5.74, 6) is -0.620. The molecule has 8 heteroatoms. The molecule has 3 aromatic rings. The van der Waals surface area contributed by atoms with Crippen molar-refractivity contribution < 1.29 is 12.8 Å². The smallest absolute Gasteiger partial charge is 0.408 e. The number of hydrogen-bond acceptors (Lipinski definition) is 4. The Balaban J connectivity index is 2.03. The molecule has 0 aliphatic carbocycles. The number of H-pyrrole nitrogens is 1. The van der Waals surface area contributed by atoms with Crippen LogP contribution in [0, 0.1) is 3.57 Å². The Bertz CT molecular complexity index is 975. The van der Waals surface area contributed by atoms with Gasteiger partial charge in [0.25, 0.3) is 10.0 Å². The first kappa shape index (κ1) is 14.1. The van der Waals surface area contributed by atoms with E-state index in [1.54, 1.807) is 18.2 Å². The number of oxazole rings is 1. The van der Waals surface area contributed by atoms with Crippen molar-refractivity contribution in [2.45, 2.75) is 4.90 Å². The van der Waals surface area contributed by atoms with Crippen molar-refractivity contribution in [2.24, 2.45) is 0 Å². The number of hydrogen-bond donors (Lipinski definition) is 2. The molecule has 0 aliphatic rings. The van der Waals surface area contributed by atoms with Crippen LogP contribution in [0.4, 0.5) is 5.69 Å². The number of aromatic amines is 1. The molecular formula is C13H9IN2O4S. The van der Waals surface area contributed by atoms with Gasteiger partial charge in [0, 0.05) is 9.64 Å². The maximum Gasteiger partial charge on any atom is 0.417 e. The van der Waals surface area contributed by atoms with E-state index in [1.165, 1.54) is 18.2 Å². The second-order valence-electron chi connectivity index (χ2n) is 4.26. The Morgan fingerprint density at radius 2 is 1.90 bits per heavy atom. The Kier molecular flexibility index (Phi) is 3.49. The molecule has 0 atom stereocenters. The Morgan fingerprint density at radius 3 is 2.67 bits per heavy atom. The highest BCUT2D eigenvalue weighted by Crippen LogP contribution is 2.23. The predicted octanol–water partition coefficient (Wildman–Crippen LogP) is 2.53. The molecule has 1 aromatic heterocycles. The van der Waals surface area contributed by atoms with Gasteiger partial charge in [-0.25, -0.2) is 13.2 Å². The van der Waals surface area contributed by atoms with Gasteiger partial charge in [-0.15, -0.1) is 0 Å². The van der Waals surface area contributed by atoms with Gasteiger partial charge in [0.1, 0.15) is 0 Å². The molecular weight excluding hydrogens is 407 g/mol. The second-order valence-corrected chi connectivity index (χ2v) is 7.10. The van der Waals surface area contributed by atoms with Crippen LogP contribution in [0.5, 0.6) is 0 Å². The zero-order valence-corrected chi connectivity index (χ0v) is 13.4. The molecule has 21 heavy (non-hydrogen) atoms. The van der Waals surface area contributed by atoms with Gasteiger partial charge in [-0.1, -0.05) is 12.1 Å². The van der Waals surface area contributed by atoms with Crippen molar-refractivity contribution in [2.75, 3.05) is 4.72 Å². The maximum atomic E-state index is 12.4. The fourth-order valence-electron chi connectivity index (χ4n) is 1.84. The number of halogens is 1. The summed E-state index contributed by atoms with van der Waals surface area (Å²) in [7, 11) is -3.75. The van der Waals surface area contributed by atoms with Crippen LogP contribution in [0.3, 0.4) is 0 Å². The first-order valence-corrected chi connectivity index (χ1v) is 8.42. The summed E-state index contributed by atoms with van der Waals surface area (Å²) in [5, 5.41) is 0. The average Bonchev–Trinajstić information content (AvgIpc) is 2.80. The first-order valence-electron chi connectivity index (χ1n) is 5.86. The zero-order chi connectivity index (χ0) is 15.0. The number of rotatable bonds is 3. The molecule has 0 saturated carbocycles. The Morgan fingerprint density at radius 1 is 1.14 bits per heavy atom. The van der Waals surface area contributed by atoms with Crippen molar-refractivity contribution in [3.8, 4) is 0 Å². The van der Waals surface area contributed by atoms with Crippen molar-refractivity contribution in [1.82, 2.24) is 4.98 Å². The van der Waals surface area contributed by atoms with Gasteiger partial charge in [0.05, 0.1) is 16.1 Å². The van der Waals surface area contributed by atoms with E-state index in [0.29, 0.717) is 11.2 Å². The molecule has 1 heterocycles. The summed E-state index contributed by atoms with van der Waals surface area (Å²) in [5.41, 5.74) is 1.15. The van der Waals surface area contributed by atoms with Crippen molar-refractivity contribution in [1.29, 1.82) is 0 Å². The topological polar surface area (TPSA) is 92.2 Å². The molecule has 3 rings (SSSR count). The van der Waals surface area contributed by atoms with Gasteiger partial charge >= 0.3 is 5.76 Å². The van der Waals surface area contributed by atoms with E-state index in [4.69, 9.17) is 4.42 Å². The zero-order valence-electron chi connectivity index (χ0n) is 10.5. The average molecular weight is 416 g/mol. The molecule has 0 amide bonds. The van der Waals surface area contributed by atoms with Crippen LogP contribution in [0.25, 0.3) is 11.1 Å². The van der Waals surface area contributed by atoms with Crippen LogP contribution < -0.4 is 10.5 Å². The summed E-state index contributed by atoms with van der Waals surface area (Å²) in [6.07, 6.45) is 0. The van der Waals surface area contributed by atoms with Crippen molar-refractivity contribution in [3.05, 3.63) is 56.6 Å². The van der Waals surface area contributed by atoms with Gasteiger partial charge in [0.2, 0.25) is 0 Å². The predicted molar refractivity (Wildman–Crippen MR) is 86.8 cm³/mol. The number of anilines is 1. The van der Waals surface area contributed by atoms with Crippen molar-refractivity contribution >= 4 is 49.4 Å². The van der Waals surface area contributed by atoms with Gasteiger partial charge in [0.15, 0.2) is 5.58 Å². The molecule has 108 valence electrons. The molecule has 2 aromatic carbocycles. The fraction of sp³-hybridized carbons (Fsp3) is 0. The quantitative estimate of drug-likeness (QED) is 0.642. The van der Waals surface area contributed by atoms with Gasteiger partial charge in [-0.05, 0) is 46.9 Å². The summed E-state index contributed by atoms with van der Waals surface area (Å²) < 4.78 is 32.9. The molecule has 0 fully saturated rings. The molecule has 2 N–H and O–H groups in total. The number of para-hydroxylation sites is 1. The standard InChI is InChI=1S/C13H9IN2O4S/c14-9-3-1-2-4-10(9)16-21(18,19)8-5-6-11-12(7-8)20-13(17)15-11/h1-7,16H,(H,15,17). The van der Waals surface area contributed by atoms with Gasteiger partial charge in [-0.3, -0.25) is 9.71 Å². The highest BCUT2D eigenvalue weighted by Gasteiger charge is 2.17. The summed E-state index contributed by atoms with van der Waals surface area (Å²) in [6.45, 7) is 0. The Labute approximate surface area is 133 Å². The van der Waals surface area contributed by atoms with E-state index < -0.39 is 15.8 Å². The molecule has 0 spiro atoms. The summed E-state index contributed by atoms with van der Waals surface area (Å²) in [4.78, 5) is 13.6. The largest absolute Gasteiger partial charge is 0.417 e. The number of fused-ring (bicyclic) bond motifs is 1. The van der Waals surface area contributed by atoms with E-state index in [1.807, 2.05) is 28.7 Å². The fourth-order valence-corrected chi connectivity index (χ4v) is 3.64. The number of aromatic nitrogens is 1. The lowest BCUT2D eigenvalue weighted by Crippen LogP contribution is -2.13. The molecule has 0 saturated heterocycles. The summed E-state index contributed by atoms with van der Waals surface area (Å²) >= 11 is 2.05. The monoisotopic (exact) mass is 416 g/mol. The molecule has 0 bridgehead atoms. The second kappa shape index (κ2) is 5.19. The highest BCUT2D eigenvalue weighted by molar-refractivity contribution is 14.1. The third-order valence-corrected chi connectivity index (χ3v) is 5.12. The number of nitrogens with one attached hydrogen (secondary N) is 2. The Hall–Kier alpha value is -1.81. The van der Waals surface area contributed by atoms with Gasteiger partial charge in [-0.2, -0.15) is 0 Å². The maximum absolute atomic E-state index is 12.4.